The molecule has 0 aliphatic carbocycles. The van der Waals surface area contributed by atoms with Gasteiger partial charge in [-0.15, -0.1) is 0 Å². The molecule has 0 aliphatic heterocycles. The number of benzene rings is 1. The zero-order valence-corrected chi connectivity index (χ0v) is 12.5. The van der Waals surface area contributed by atoms with Gasteiger partial charge in [-0.2, -0.15) is 0 Å². The van der Waals surface area contributed by atoms with Crippen LogP contribution in [0.5, 0.6) is 5.75 Å². The van der Waals surface area contributed by atoms with Gasteiger partial charge in [0.2, 0.25) is 10.0 Å². The van der Waals surface area contributed by atoms with Crippen LogP contribution in [0, 0.1) is 0 Å². The maximum absolute atomic E-state index is 12.2. The van der Waals surface area contributed by atoms with E-state index in [2.05, 4.69) is 4.72 Å². The van der Waals surface area contributed by atoms with Crippen LogP contribution in [-0.4, -0.2) is 21.6 Å². The van der Waals surface area contributed by atoms with Crippen molar-refractivity contribution in [3.8, 4) is 5.75 Å². The zero-order valence-electron chi connectivity index (χ0n) is 11.6. The van der Waals surface area contributed by atoms with E-state index >= 15 is 0 Å². The normalized spacial score (nSPS) is 13.2. The molecule has 0 saturated carbocycles. The molecule has 0 radical (unpaired) electrons. The molecule has 0 amide bonds. The Balaban J connectivity index is 2.96. The first kappa shape index (κ1) is 15.8. The van der Waals surface area contributed by atoms with Gasteiger partial charge in [0.05, 0.1) is 17.7 Å². The van der Waals surface area contributed by atoms with E-state index in [0.29, 0.717) is 11.4 Å². The van der Waals surface area contributed by atoms with E-state index in [1.165, 1.54) is 19.2 Å². The molecular weight excluding hydrogens is 264 g/mol. The maximum Gasteiger partial charge on any atom is 0.240 e. The van der Waals surface area contributed by atoms with Crippen LogP contribution in [0.2, 0.25) is 0 Å². The fourth-order valence-corrected chi connectivity index (χ4v) is 3.25. The molecule has 1 unspecified atom stereocenters. The van der Waals surface area contributed by atoms with Crippen molar-refractivity contribution in [2.24, 2.45) is 0 Å². The average Bonchev–Trinajstić information content (AvgIpc) is 2.37. The van der Waals surface area contributed by atoms with Crippen molar-refractivity contribution in [1.82, 2.24) is 4.72 Å². The Bertz CT molecular complexity index is 515. The van der Waals surface area contributed by atoms with Gasteiger partial charge in [-0.1, -0.05) is 20.3 Å². The molecule has 5 nitrogen and oxygen atoms in total. The van der Waals surface area contributed by atoms with Crippen molar-refractivity contribution in [3.05, 3.63) is 18.2 Å². The average molecular weight is 286 g/mol. The number of hydrogen-bond acceptors (Lipinski definition) is 4. The van der Waals surface area contributed by atoms with Crippen molar-refractivity contribution in [2.75, 3.05) is 12.8 Å². The topological polar surface area (TPSA) is 81.4 Å². The van der Waals surface area contributed by atoms with Gasteiger partial charge in [0.25, 0.3) is 0 Å². The molecule has 1 atom stereocenters. The summed E-state index contributed by atoms with van der Waals surface area (Å²) in [7, 11) is -2.03. The van der Waals surface area contributed by atoms with Gasteiger partial charge in [-0.25, -0.2) is 13.1 Å². The second kappa shape index (κ2) is 6.77. The van der Waals surface area contributed by atoms with E-state index in [4.69, 9.17) is 10.5 Å². The van der Waals surface area contributed by atoms with Crippen molar-refractivity contribution >= 4 is 15.7 Å². The Morgan fingerprint density at radius 2 is 2.05 bits per heavy atom. The molecule has 1 rings (SSSR count). The van der Waals surface area contributed by atoms with Crippen molar-refractivity contribution in [2.45, 2.75) is 44.0 Å². The van der Waals surface area contributed by atoms with Gasteiger partial charge < -0.3 is 10.5 Å². The summed E-state index contributed by atoms with van der Waals surface area (Å²) < 4.78 is 32.2. The van der Waals surface area contributed by atoms with Crippen LogP contribution >= 0.6 is 0 Å². The molecule has 6 heteroatoms. The highest BCUT2D eigenvalue weighted by Crippen LogP contribution is 2.24. The molecule has 1 aromatic rings. The second-order valence-electron chi connectivity index (χ2n) is 4.42. The Kier molecular flexibility index (Phi) is 5.62. The Labute approximate surface area is 115 Å². The lowest BCUT2D eigenvalue weighted by molar-refractivity contribution is 0.416. The first-order valence-electron chi connectivity index (χ1n) is 6.40. The molecule has 0 aliphatic rings. The number of nitrogens with two attached hydrogens (primary N) is 1. The van der Waals surface area contributed by atoms with Gasteiger partial charge in [-0.3, -0.25) is 0 Å². The van der Waals surface area contributed by atoms with Gasteiger partial charge in [-0.05, 0) is 31.0 Å². The van der Waals surface area contributed by atoms with Gasteiger partial charge in [0, 0.05) is 6.04 Å². The molecule has 0 saturated heterocycles. The number of anilines is 1. The molecule has 0 bridgehead atoms. The summed E-state index contributed by atoms with van der Waals surface area (Å²) in [5.74, 6) is 0.472. The number of nitrogen functional groups attached to an aromatic ring is 1. The molecule has 108 valence electrons. The number of sulfonamides is 1. The fourth-order valence-electron chi connectivity index (χ4n) is 1.86. The zero-order chi connectivity index (χ0) is 14.5. The Hall–Kier alpha value is -1.27. The fraction of sp³-hybridized carbons (Fsp3) is 0.538. The monoisotopic (exact) mass is 286 g/mol. The van der Waals surface area contributed by atoms with Gasteiger partial charge in [0.15, 0.2) is 0 Å². The van der Waals surface area contributed by atoms with Crippen LogP contribution in [0.25, 0.3) is 0 Å². The summed E-state index contributed by atoms with van der Waals surface area (Å²) in [6, 6.07) is 4.43. The van der Waals surface area contributed by atoms with Crippen molar-refractivity contribution in [3.63, 3.8) is 0 Å². The van der Waals surface area contributed by atoms with E-state index in [1.807, 2.05) is 13.8 Å². The predicted molar refractivity (Wildman–Crippen MR) is 76.7 cm³/mol. The van der Waals surface area contributed by atoms with E-state index in [9.17, 15) is 8.42 Å². The minimum absolute atomic E-state index is 0.0432. The summed E-state index contributed by atoms with van der Waals surface area (Å²) in [5.41, 5.74) is 6.05. The second-order valence-corrected chi connectivity index (χ2v) is 6.13. The molecule has 0 aromatic heterocycles. The molecule has 19 heavy (non-hydrogen) atoms. The van der Waals surface area contributed by atoms with Crippen LogP contribution in [0.1, 0.15) is 33.1 Å². The smallest absolute Gasteiger partial charge is 0.240 e. The first-order chi connectivity index (χ1) is 8.94. The van der Waals surface area contributed by atoms with Gasteiger partial charge >= 0.3 is 0 Å². The number of rotatable bonds is 7. The molecular formula is C13H22N2O3S. The highest BCUT2D eigenvalue weighted by Gasteiger charge is 2.19. The number of methoxy groups -OCH3 is 1. The van der Waals surface area contributed by atoms with Crippen LogP contribution in [0.4, 0.5) is 5.69 Å². The lowest BCUT2D eigenvalue weighted by atomic mass is 10.1. The quantitative estimate of drug-likeness (QED) is 0.752. The SMILES string of the molecule is CCCC(CC)NS(=O)(=O)c1ccc(OC)c(N)c1. The van der Waals surface area contributed by atoms with E-state index < -0.39 is 10.0 Å². The lowest BCUT2D eigenvalue weighted by Crippen LogP contribution is -2.34. The van der Waals surface area contributed by atoms with E-state index in [0.717, 1.165) is 19.3 Å². The first-order valence-corrected chi connectivity index (χ1v) is 7.88. The molecule has 0 spiro atoms. The summed E-state index contributed by atoms with van der Waals surface area (Å²) in [4.78, 5) is 0.167. The van der Waals surface area contributed by atoms with Crippen LogP contribution in [0.15, 0.2) is 23.1 Å². The third-order valence-corrected chi connectivity index (χ3v) is 4.48. The number of ether oxygens (including phenoxy) is 1. The van der Waals surface area contributed by atoms with Gasteiger partial charge in [0.1, 0.15) is 5.75 Å². The molecule has 0 heterocycles. The van der Waals surface area contributed by atoms with Crippen molar-refractivity contribution in [1.29, 1.82) is 0 Å². The van der Waals surface area contributed by atoms with Crippen LogP contribution in [0.3, 0.4) is 0 Å². The Morgan fingerprint density at radius 3 is 2.53 bits per heavy atom. The summed E-state index contributed by atoms with van der Waals surface area (Å²) in [5, 5.41) is 0. The van der Waals surface area contributed by atoms with E-state index in [-0.39, 0.29) is 10.9 Å². The Morgan fingerprint density at radius 1 is 1.37 bits per heavy atom. The highest BCUT2D eigenvalue weighted by molar-refractivity contribution is 7.89. The minimum atomic E-state index is -3.53. The van der Waals surface area contributed by atoms with Crippen molar-refractivity contribution < 1.29 is 13.2 Å². The molecule has 1 aromatic carbocycles. The number of hydrogen-bond donors (Lipinski definition) is 2. The summed E-state index contributed by atoms with van der Waals surface area (Å²) in [6.45, 7) is 3.99. The van der Waals surface area contributed by atoms with Crippen LogP contribution in [-0.2, 0) is 10.0 Å². The predicted octanol–water partition coefficient (Wildman–Crippen LogP) is 2.13. The van der Waals surface area contributed by atoms with E-state index in [1.54, 1.807) is 6.07 Å². The summed E-state index contributed by atoms with van der Waals surface area (Å²) in [6.07, 6.45) is 2.52. The third-order valence-electron chi connectivity index (χ3n) is 2.96. The minimum Gasteiger partial charge on any atom is -0.495 e. The third kappa shape index (κ3) is 4.11. The lowest BCUT2D eigenvalue weighted by Gasteiger charge is -2.16. The maximum atomic E-state index is 12.2. The molecule has 0 fully saturated rings. The highest BCUT2D eigenvalue weighted by atomic mass is 32.2. The summed E-state index contributed by atoms with van der Waals surface area (Å²) >= 11 is 0. The largest absolute Gasteiger partial charge is 0.495 e. The van der Waals surface area contributed by atoms with Crippen LogP contribution < -0.4 is 15.2 Å². The molecule has 3 N–H and O–H groups in total. The number of nitrogens with one attached hydrogen (secondary N) is 1. The standard InChI is InChI=1S/C13H22N2O3S/c1-4-6-10(5-2)15-19(16,17)11-7-8-13(18-3)12(14)9-11/h7-10,15H,4-6,14H2,1-3H3.